The molecule has 4 nitrogen and oxygen atoms in total. The van der Waals surface area contributed by atoms with E-state index in [-0.39, 0.29) is 11.3 Å². The maximum atomic E-state index is 12.3. The number of rotatable bonds is 3. The number of piperidine rings is 1. The largest absolute Gasteiger partial charge is 0.315 e. The van der Waals surface area contributed by atoms with Gasteiger partial charge in [0, 0.05) is 12.6 Å². The summed E-state index contributed by atoms with van der Waals surface area (Å²) in [5, 5.41) is 2.97. The molecular weight excluding hydrogens is 236 g/mol. The molecule has 4 atom stereocenters. The van der Waals surface area contributed by atoms with E-state index in [1.807, 2.05) is 0 Å². The average molecular weight is 258 g/mol. The molecular formula is C12H22N2O2S. The first kappa shape index (κ1) is 11.9. The van der Waals surface area contributed by atoms with Gasteiger partial charge in [0.25, 0.3) is 0 Å². The van der Waals surface area contributed by atoms with Crippen molar-refractivity contribution in [3.63, 3.8) is 0 Å². The van der Waals surface area contributed by atoms with Gasteiger partial charge in [-0.05, 0) is 50.5 Å². The minimum Gasteiger partial charge on any atom is -0.315 e. The Morgan fingerprint density at radius 2 is 2.00 bits per heavy atom. The van der Waals surface area contributed by atoms with Crippen LogP contribution in [0.2, 0.25) is 0 Å². The fourth-order valence-corrected chi connectivity index (χ4v) is 5.50. The average Bonchev–Trinajstić information content (AvgIpc) is 2.91. The van der Waals surface area contributed by atoms with Gasteiger partial charge in [-0.3, -0.25) is 0 Å². The van der Waals surface area contributed by atoms with Crippen LogP contribution >= 0.6 is 0 Å². The van der Waals surface area contributed by atoms with Gasteiger partial charge >= 0.3 is 0 Å². The number of hydrogen-bond acceptors (Lipinski definition) is 3. The maximum absolute atomic E-state index is 12.3. The molecule has 0 aromatic rings. The molecule has 0 aromatic carbocycles. The Labute approximate surface area is 104 Å². The number of nitrogens with one attached hydrogen (secondary N) is 2. The lowest BCUT2D eigenvalue weighted by atomic mass is 9.96. The molecule has 17 heavy (non-hydrogen) atoms. The summed E-state index contributed by atoms with van der Waals surface area (Å²) in [7, 11) is -3.10. The standard InChI is InChI=1S/C12H22N2O2S/c15-17(16,11-2-1-5-13-8-11)14-12-7-9-3-4-10(12)6-9/h9-14H,1-8H2. The molecule has 5 heteroatoms. The Morgan fingerprint density at radius 1 is 1.12 bits per heavy atom. The third-order valence-corrected chi connectivity index (χ3v) is 6.66. The van der Waals surface area contributed by atoms with E-state index in [1.165, 1.54) is 19.3 Å². The zero-order chi connectivity index (χ0) is 11.9. The minimum atomic E-state index is -3.10. The third-order valence-electron chi connectivity index (χ3n) is 4.74. The highest BCUT2D eigenvalue weighted by Gasteiger charge is 2.42. The normalized spacial score (nSPS) is 41.9. The van der Waals surface area contributed by atoms with Crippen molar-refractivity contribution in [3.05, 3.63) is 0 Å². The quantitative estimate of drug-likeness (QED) is 0.789. The van der Waals surface area contributed by atoms with Crippen molar-refractivity contribution < 1.29 is 8.42 Å². The molecule has 0 radical (unpaired) electrons. The zero-order valence-corrected chi connectivity index (χ0v) is 11.0. The van der Waals surface area contributed by atoms with Crippen LogP contribution in [-0.2, 0) is 10.0 Å². The lowest BCUT2D eigenvalue weighted by Gasteiger charge is -2.28. The molecule has 0 spiro atoms. The lowest BCUT2D eigenvalue weighted by molar-refractivity contribution is 0.385. The van der Waals surface area contributed by atoms with E-state index in [2.05, 4.69) is 10.0 Å². The van der Waals surface area contributed by atoms with Crippen LogP contribution in [-0.4, -0.2) is 32.8 Å². The van der Waals surface area contributed by atoms with Crippen LogP contribution in [0.4, 0.5) is 0 Å². The lowest BCUT2D eigenvalue weighted by Crippen LogP contribution is -2.48. The summed E-state index contributed by atoms with van der Waals surface area (Å²) in [4.78, 5) is 0. The smallest absolute Gasteiger partial charge is 0.215 e. The predicted molar refractivity (Wildman–Crippen MR) is 67.2 cm³/mol. The molecule has 0 amide bonds. The molecule has 2 bridgehead atoms. The number of sulfonamides is 1. The van der Waals surface area contributed by atoms with Gasteiger partial charge in [-0.25, -0.2) is 13.1 Å². The minimum absolute atomic E-state index is 0.213. The van der Waals surface area contributed by atoms with Crippen LogP contribution in [0.15, 0.2) is 0 Å². The Kier molecular flexibility index (Phi) is 3.17. The van der Waals surface area contributed by atoms with Crippen LogP contribution in [0.25, 0.3) is 0 Å². The first-order chi connectivity index (χ1) is 8.15. The second-order valence-corrected chi connectivity index (χ2v) is 7.90. The summed E-state index contributed by atoms with van der Waals surface area (Å²) in [6, 6.07) is 0.237. The Bertz CT molecular complexity index is 376. The summed E-state index contributed by atoms with van der Waals surface area (Å²) in [6.45, 7) is 1.58. The van der Waals surface area contributed by atoms with E-state index in [1.54, 1.807) is 0 Å². The molecule has 2 aliphatic carbocycles. The molecule has 0 aromatic heterocycles. The Hall–Kier alpha value is -0.130. The second-order valence-electron chi connectivity index (χ2n) is 5.91. The van der Waals surface area contributed by atoms with Gasteiger partial charge in [0.05, 0.1) is 5.25 Å². The molecule has 3 rings (SSSR count). The van der Waals surface area contributed by atoms with E-state index in [9.17, 15) is 8.42 Å². The summed E-state index contributed by atoms with van der Waals surface area (Å²) >= 11 is 0. The molecule has 3 aliphatic rings. The van der Waals surface area contributed by atoms with Crippen LogP contribution in [0.3, 0.4) is 0 Å². The summed E-state index contributed by atoms with van der Waals surface area (Å²) in [5.74, 6) is 1.41. The highest BCUT2D eigenvalue weighted by molar-refractivity contribution is 7.90. The van der Waals surface area contributed by atoms with Crippen molar-refractivity contribution in [2.45, 2.75) is 49.8 Å². The monoisotopic (exact) mass is 258 g/mol. The Morgan fingerprint density at radius 3 is 2.59 bits per heavy atom. The van der Waals surface area contributed by atoms with Crippen LogP contribution in [0, 0.1) is 11.8 Å². The van der Waals surface area contributed by atoms with E-state index in [0.29, 0.717) is 12.5 Å². The van der Waals surface area contributed by atoms with Crippen molar-refractivity contribution in [1.29, 1.82) is 0 Å². The predicted octanol–water partition coefficient (Wildman–Crippen LogP) is 0.846. The van der Waals surface area contributed by atoms with Crippen molar-refractivity contribution >= 4 is 10.0 Å². The molecule has 98 valence electrons. The third kappa shape index (κ3) is 2.37. The molecule has 1 heterocycles. The van der Waals surface area contributed by atoms with Crippen LogP contribution in [0.1, 0.15) is 38.5 Å². The van der Waals surface area contributed by atoms with Gasteiger partial charge in [-0.1, -0.05) is 6.42 Å². The van der Waals surface area contributed by atoms with Crippen molar-refractivity contribution in [3.8, 4) is 0 Å². The summed E-state index contributed by atoms with van der Waals surface area (Å²) < 4.78 is 27.5. The molecule has 2 N–H and O–H groups in total. The van der Waals surface area contributed by atoms with Gasteiger partial charge in [0.1, 0.15) is 0 Å². The van der Waals surface area contributed by atoms with Crippen molar-refractivity contribution in [1.82, 2.24) is 10.0 Å². The van der Waals surface area contributed by atoms with Crippen LogP contribution in [0.5, 0.6) is 0 Å². The molecule has 1 aliphatic heterocycles. The van der Waals surface area contributed by atoms with E-state index >= 15 is 0 Å². The zero-order valence-electron chi connectivity index (χ0n) is 10.2. The fourth-order valence-electron chi connectivity index (χ4n) is 3.78. The first-order valence-corrected chi connectivity index (χ1v) is 8.41. The van der Waals surface area contributed by atoms with Gasteiger partial charge < -0.3 is 5.32 Å². The van der Waals surface area contributed by atoms with Gasteiger partial charge in [0.2, 0.25) is 10.0 Å². The maximum Gasteiger partial charge on any atom is 0.215 e. The van der Waals surface area contributed by atoms with E-state index in [0.717, 1.165) is 31.7 Å². The molecule has 2 saturated carbocycles. The van der Waals surface area contributed by atoms with Crippen LogP contribution < -0.4 is 10.0 Å². The molecule has 3 fully saturated rings. The molecule has 4 unspecified atom stereocenters. The SMILES string of the molecule is O=S(=O)(NC1CC2CCC1C2)C1CCCNC1. The Balaban J connectivity index is 1.63. The van der Waals surface area contributed by atoms with Crippen molar-refractivity contribution in [2.24, 2.45) is 11.8 Å². The van der Waals surface area contributed by atoms with E-state index < -0.39 is 10.0 Å². The fraction of sp³-hybridized carbons (Fsp3) is 1.00. The summed E-state index contributed by atoms with van der Waals surface area (Å²) in [5.41, 5.74) is 0. The number of fused-ring (bicyclic) bond motifs is 2. The van der Waals surface area contributed by atoms with Crippen molar-refractivity contribution in [2.75, 3.05) is 13.1 Å². The highest BCUT2D eigenvalue weighted by Crippen LogP contribution is 2.44. The molecule has 1 saturated heterocycles. The first-order valence-electron chi connectivity index (χ1n) is 6.87. The van der Waals surface area contributed by atoms with Gasteiger partial charge in [-0.15, -0.1) is 0 Å². The highest BCUT2D eigenvalue weighted by atomic mass is 32.2. The van der Waals surface area contributed by atoms with Gasteiger partial charge in [-0.2, -0.15) is 0 Å². The van der Waals surface area contributed by atoms with Gasteiger partial charge in [0.15, 0.2) is 0 Å². The number of hydrogen-bond donors (Lipinski definition) is 2. The second kappa shape index (κ2) is 4.52. The summed E-state index contributed by atoms with van der Waals surface area (Å²) in [6.07, 6.45) is 6.64. The topological polar surface area (TPSA) is 58.2 Å². The van der Waals surface area contributed by atoms with E-state index in [4.69, 9.17) is 0 Å².